The maximum Gasteiger partial charge on any atom is 0.303 e. The average Bonchev–Trinajstić information content (AvgIpc) is 3.02. The molecule has 1 N–H and O–H groups in total. The van der Waals surface area contributed by atoms with Gasteiger partial charge < -0.3 is 5.11 Å². The predicted octanol–water partition coefficient (Wildman–Crippen LogP) is 4.11. The minimum Gasteiger partial charge on any atom is -0.481 e. The van der Waals surface area contributed by atoms with Crippen molar-refractivity contribution in [1.82, 2.24) is 0 Å². The van der Waals surface area contributed by atoms with E-state index < -0.39 is 5.97 Å². The first-order valence-corrected chi connectivity index (χ1v) is 7.18. The molecule has 2 nitrogen and oxygen atoms in total. The Kier molecular flexibility index (Phi) is 3.50. The Labute approximate surface area is 130 Å². The molecule has 2 bridgehead atoms. The zero-order valence-electron chi connectivity index (χ0n) is 11.6. The lowest BCUT2D eigenvalue weighted by atomic mass is 9.83. The first-order valence-electron chi connectivity index (χ1n) is 7.18. The smallest absolute Gasteiger partial charge is 0.303 e. The van der Waals surface area contributed by atoms with Crippen molar-refractivity contribution < 1.29 is 9.90 Å². The van der Waals surface area contributed by atoms with Crippen molar-refractivity contribution in [3.63, 3.8) is 0 Å². The molecule has 21 heavy (non-hydrogen) atoms. The van der Waals surface area contributed by atoms with Crippen LogP contribution in [0.25, 0.3) is 0 Å². The maximum absolute atomic E-state index is 10.8. The molecule has 2 aromatic rings. The van der Waals surface area contributed by atoms with Gasteiger partial charge in [0, 0.05) is 18.3 Å². The molecule has 2 aliphatic carbocycles. The number of aliphatic carboxylic acids is 1. The molecule has 0 aromatic heterocycles. The van der Waals surface area contributed by atoms with Crippen molar-refractivity contribution in [3.05, 3.63) is 70.3 Å². The van der Waals surface area contributed by atoms with E-state index in [9.17, 15) is 4.79 Å². The van der Waals surface area contributed by atoms with Gasteiger partial charge in [-0.15, -0.1) is 12.4 Å². The number of hydrogen-bond donors (Lipinski definition) is 1. The van der Waals surface area contributed by atoms with Gasteiger partial charge in [-0.1, -0.05) is 42.5 Å². The minimum atomic E-state index is -0.717. The number of carboxylic acid groups (broad SMARTS) is 1. The molecule has 2 aromatic carbocycles. The molecule has 0 radical (unpaired) electrons. The van der Waals surface area contributed by atoms with E-state index in [1.165, 1.54) is 34.2 Å². The summed E-state index contributed by atoms with van der Waals surface area (Å²) in [4.78, 5) is 10.8. The fourth-order valence-corrected chi connectivity index (χ4v) is 4.02. The van der Waals surface area contributed by atoms with Gasteiger partial charge in [-0.3, -0.25) is 4.79 Å². The molecule has 2 aliphatic rings. The summed E-state index contributed by atoms with van der Waals surface area (Å²) in [6.07, 6.45) is 2.03. The lowest BCUT2D eigenvalue weighted by Gasteiger charge is -2.21. The standard InChI is InChI=1S/C18H16O2.ClH/c19-17(20)9-8-11-4-3-7-14-15-10-16(18(11)14)13-6-2-1-5-12(13)15;/h1-7,15-16H,8-10H2,(H,19,20);1H. The Morgan fingerprint density at radius 1 is 1.00 bits per heavy atom. The first-order chi connectivity index (χ1) is 9.75. The van der Waals surface area contributed by atoms with E-state index in [1.54, 1.807) is 0 Å². The molecule has 108 valence electrons. The molecule has 4 rings (SSSR count). The van der Waals surface area contributed by atoms with Gasteiger partial charge in [-0.2, -0.15) is 0 Å². The second kappa shape index (κ2) is 5.19. The van der Waals surface area contributed by atoms with Crippen molar-refractivity contribution in [2.45, 2.75) is 31.1 Å². The van der Waals surface area contributed by atoms with E-state index in [2.05, 4.69) is 42.5 Å². The van der Waals surface area contributed by atoms with Crippen LogP contribution in [-0.2, 0) is 11.2 Å². The summed E-state index contributed by atoms with van der Waals surface area (Å²) in [5, 5.41) is 8.91. The van der Waals surface area contributed by atoms with Crippen molar-refractivity contribution >= 4 is 18.4 Å². The van der Waals surface area contributed by atoms with Gasteiger partial charge >= 0.3 is 5.97 Å². The lowest BCUT2D eigenvalue weighted by Crippen LogP contribution is -2.07. The highest BCUT2D eigenvalue weighted by molar-refractivity contribution is 5.85. The van der Waals surface area contributed by atoms with E-state index in [0.29, 0.717) is 18.3 Å². The van der Waals surface area contributed by atoms with Crippen LogP contribution in [-0.4, -0.2) is 11.1 Å². The topological polar surface area (TPSA) is 37.3 Å². The van der Waals surface area contributed by atoms with Crippen LogP contribution in [0.4, 0.5) is 0 Å². The molecule has 0 saturated carbocycles. The second-order valence-electron chi connectivity index (χ2n) is 5.78. The van der Waals surface area contributed by atoms with Gasteiger partial charge in [0.2, 0.25) is 0 Å². The number of rotatable bonds is 3. The third kappa shape index (κ3) is 2.06. The normalized spacial score (nSPS) is 20.6. The van der Waals surface area contributed by atoms with Crippen LogP contribution in [0.2, 0.25) is 0 Å². The van der Waals surface area contributed by atoms with Crippen LogP contribution in [0, 0.1) is 0 Å². The fourth-order valence-electron chi connectivity index (χ4n) is 4.02. The summed E-state index contributed by atoms with van der Waals surface area (Å²) >= 11 is 0. The van der Waals surface area contributed by atoms with Crippen LogP contribution < -0.4 is 0 Å². The predicted molar refractivity (Wildman–Crippen MR) is 84.4 cm³/mol. The summed E-state index contributed by atoms with van der Waals surface area (Å²) in [5.41, 5.74) is 6.99. The van der Waals surface area contributed by atoms with Gasteiger partial charge in [-0.05, 0) is 40.7 Å². The number of hydrogen-bond acceptors (Lipinski definition) is 1. The monoisotopic (exact) mass is 300 g/mol. The van der Waals surface area contributed by atoms with Crippen molar-refractivity contribution in [2.75, 3.05) is 0 Å². The van der Waals surface area contributed by atoms with Gasteiger partial charge in [0.05, 0.1) is 0 Å². The Morgan fingerprint density at radius 2 is 1.67 bits per heavy atom. The van der Waals surface area contributed by atoms with Crippen LogP contribution >= 0.6 is 12.4 Å². The minimum absolute atomic E-state index is 0. The summed E-state index contributed by atoms with van der Waals surface area (Å²) in [6, 6.07) is 15.1. The lowest BCUT2D eigenvalue weighted by molar-refractivity contribution is -0.136. The highest BCUT2D eigenvalue weighted by Crippen LogP contribution is 2.57. The fraction of sp³-hybridized carbons (Fsp3) is 0.278. The van der Waals surface area contributed by atoms with Gasteiger partial charge in [0.1, 0.15) is 0 Å². The summed E-state index contributed by atoms with van der Waals surface area (Å²) in [5.74, 6) is 0.290. The van der Waals surface area contributed by atoms with E-state index in [4.69, 9.17) is 5.11 Å². The number of benzene rings is 2. The van der Waals surface area contributed by atoms with Crippen molar-refractivity contribution in [3.8, 4) is 0 Å². The van der Waals surface area contributed by atoms with E-state index in [1.807, 2.05) is 0 Å². The largest absolute Gasteiger partial charge is 0.481 e. The van der Waals surface area contributed by atoms with Crippen LogP contribution in [0.5, 0.6) is 0 Å². The number of aryl methyl sites for hydroxylation is 1. The summed E-state index contributed by atoms with van der Waals surface area (Å²) < 4.78 is 0. The SMILES string of the molecule is Cl.O=C(O)CCc1cccc2c1C1CC2c2ccccc21. The molecular formula is C18H17ClO2. The van der Waals surface area contributed by atoms with E-state index in [0.717, 1.165) is 0 Å². The molecule has 3 heteroatoms. The van der Waals surface area contributed by atoms with Crippen molar-refractivity contribution in [1.29, 1.82) is 0 Å². The summed E-state index contributed by atoms with van der Waals surface area (Å²) in [7, 11) is 0. The zero-order valence-corrected chi connectivity index (χ0v) is 12.4. The van der Waals surface area contributed by atoms with Crippen LogP contribution in [0.15, 0.2) is 42.5 Å². The van der Waals surface area contributed by atoms with Crippen LogP contribution in [0.1, 0.15) is 52.5 Å². The first kappa shape index (κ1) is 14.2. The highest BCUT2D eigenvalue weighted by Gasteiger charge is 2.41. The Morgan fingerprint density at radius 3 is 2.38 bits per heavy atom. The second-order valence-corrected chi connectivity index (χ2v) is 5.78. The third-order valence-corrected chi connectivity index (χ3v) is 4.78. The van der Waals surface area contributed by atoms with Gasteiger partial charge in [0.25, 0.3) is 0 Å². The zero-order chi connectivity index (χ0) is 13.7. The maximum atomic E-state index is 10.8. The average molecular weight is 301 g/mol. The molecular weight excluding hydrogens is 284 g/mol. The molecule has 0 aliphatic heterocycles. The number of halogens is 1. The molecule has 0 heterocycles. The quantitative estimate of drug-likeness (QED) is 0.926. The van der Waals surface area contributed by atoms with Gasteiger partial charge in [-0.25, -0.2) is 0 Å². The van der Waals surface area contributed by atoms with Gasteiger partial charge in [0.15, 0.2) is 0 Å². The molecule has 2 atom stereocenters. The molecule has 0 fully saturated rings. The molecule has 0 amide bonds. The third-order valence-electron chi connectivity index (χ3n) is 4.78. The van der Waals surface area contributed by atoms with Crippen LogP contribution in [0.3, 0.4) is 0 Å². The van der Waals surface area contributed by atoms with Crippen molar-refractivity contribution in [2.24, 2.45) is 0 Å². The molecule has 0 saturated heterocycles. The van der Waals surface area contributed by atoms with E-state index in [-0.39, 0.29) is 18.8 Å². The number of carboxylic acids is 1. The Hall–Kier alpha value is -1.80. The van der Waals surface area contributed by atoms with E-state index >= 15 is 0 Å². The number of fused-ring (bicyclic) bond motifs is 8. The highest BCUT2D eigenvalue weighted by atomic mass is 35.5. The molecule has 0 spiro atoms. The summed E-state index contributed by atoms with van der Waals surface area (Å²) in [6.45, 7) is 0. The number of carbonyl (C=O) groups is 1. The Bertz CT molecular complexity index is 708. The Balaban J connectivity index is 0.00000132. The molecule has 2 unspecified atom stereocenters.